The van der Waals surface area contributed by atoms with Crippen LogP contribution in [0.5, 0.6) is 5.75 Å². The fraction of sp³-hybridized carbons (Fsp3) is 0.400. The van der Waals surface area contributed by atoms with Crippen LogP contribution in [-0.4, -0.2) is 46.3 Å². The number of aromatic nitrogens is 1. The van der Waals surface area contributed by atoms with E-state index in [0.717, 1.165) is 34.6 Å². The lowest BCUT2D eigenvalue weighted by molar-refractivity contribution is 0.406. The van der Waals surface area contributed by atoms with E-state index in [4.69, 9.17) is 4.74 Å². The summed E-state index contributed by atoms with van der Waals surface area (Å²) in [5, 5.41) is 6.51. The Kier molecular flexibility index (Phi) is 9.84. The number of sulfone groups is 1. The van der Waals surface area contributed by atoms with Crippen LogP contribution in [0.15, 0.2) is 40.4 Å². The molecule has 1 aromatic carbocycles. The molecule has 0 atom stereocenters. The van der Waals surface area contributed by atoms with E-state index in [1.165, 1.54) is 6.26 Å². The van der Waals surface area contributed by atoms with Crippen molar-refractivity contribution in [2.75, 3.05) is 27.0 Å². The summed E-state index contributed by atoms with van der Waals surface area (Å²) in [7, 11) is 0.215. The highest BCUT2D eigenvalue weighted by Gasteiger charge is 2.10. The zero-order valence-corrected chi connectivity index (χ0v) is 20.6. The van der Waals surface area contributed by atoms with Crippen LogP contribution in [-0.2, 0) is 22.8 Å². The molecule has 160 valence electrons. The zero-order valence-electron chi connectivity index (χ0n) is 17.4. The summed E-state index contributed by atoms with van der Waals surface area (Å²) in [6, 6.07) is 6.94. The summed E-state index contributed by atoms with van der Waals surface area (Å²) < 4.78 is 28.5. The first-order valence-electron chi connectivity index (χ1n) is 8.98. The van der Waals surface area contributed by atoms with Crippen molar-refractivity contribution in [3.63, 3.8) is 0 Å². The molecule has 0 saturated heterocycles. The van der Waals surface area contributed by atoms with Gasteiger partial charge in [-0.25, -0.2) is 8.42 Å². The molecule has 0 saturated carbocycles. The van der Waals surface area contributed by atoms with Crippen molar-refractivity contribution in [1.82, 2.24) is 15.6 Å². The molecule has 1 aromatic heterocycles. The van der Waals surface area contributed by atoms with Crippen molar-refractivity contribution < 1.29 is 13.2 Å². The molecule has 2 aromatic rings. The second kappa shape index (κ2) is 11.3. The van der Waals surface area contributed by atoms with E-state index in [-0.39, 0.29) is 24.0 Å². The van der Waals surface area contributed by atoms with Crippen molar-refractivity contribution in [3.8, 4) is 5.75 Å². The number of rotatable bonds is 7. The molecule has 2 rings (SSSR count). The van der Waals surface area contributed by atoms with Crippen LogP contribution < -0.4 is 15.4 Å². The highest BCUT2D eigenvalue weighted by molar-refractivity contribution is 14.0. The third-order valence-electron chi connectivity index (χ3n) is 4.45. The zero-order chi connectivity index (χ0) is 20.7. The number of pyridine rings is 1. The van der Waals surface area contributed by atoms with Gasteiger partial charge in [-0.15, -0.1) is 24.0 Å². The van der Waals surface area contributed by atoms with Crippen LogP contribution >= 0.6 is 24.0 Å². The number of benzene rings is 1. The molecule has 0 radical (unpaired) electrons. The number of nitrogens with one attached hydrogen (secondary N) is 2. The van der Waals surface area contributed by atoms with Crippen molar-refractivity contribution in [3.05, 3.63) is 52.8 Å². The summed E-state index contributed by atoms with van der Waals surface area (Å²) in [5.74, 6) is 1.53. The molecule has 1 heterocycles. The van der Waals surface area contributed by atoms with Crippen molar-refractivity contribution in [1.29, 1.82) is 0 Å². The van der Waals surface area contributed by atoms with Gasteiger partial charge in [-0.2, -0.15) is 0 Å². The number of ether oxygens (including phenoxy) is 1. The van der Waals surface area contributed by atoms with Gasteiger partial charge in [0.1, 0.15) is 5.75 Å². The maximum absolute atomic E-state index is 11.5. The Bertz CT molecular complexity index is 945. The minimum atomic E-state index is -3.16. The van der Waals surface area contributed by atoms with Crippen LogP contribution in [0.2, 0.25) is 0 Å². The van der Waals surface area contributed by atoms with Gasteiger partial charge < -0.3 is 15.4 Å². The van der Waals surface area contributed by atoms with E-state index in [9.17, 15) is 8.42 Å². The van der Waals surface area contributed by atoms with Gasteiger partial charge in [-0.05, 0) is 38.0 Å². The summed E-state index contributed by atoms with van der Waals surface area (Å²) in [5.41, 5.74) is 3.97. The lowest BCUT2D eigenvalue weighted by Gasteiger charge is -2.15. The molecule has 9 heteroatoms. The monoisotopic (exact) mass is 532 g/mol. The Labute approximate surface area is 190 Å². The van der Waals surface area contributed by atoms with E-state index in [1.54, 1.807) is 32.5 Å². The largest absolute Gasteiger partial charge is 0.496 e. The molecule has 2 N–H and O–H groups in total. The number of aryl methyl sites for hydroxylation is 1. The molecule has 0 aliphatic rings. The number of hydrogen-bond donors (Lipinski definition) is 2. The first-order valence-corrected chi connectivity index (χ1v) is 10.9. The average molecular weight is 532 g/mol. The SMILES string of the molecule is CN=C(NCCc1ccc(S(C)(=O)=O)cc1)NCc1ncc(C)c(OC)c1C.I. The normalized spacial score (nSPS) is 11.6. The second-order valence-corrected chi connectivity index (χ2v) is 8.58. The predicted molar refractivity (Wildman–Crippen MR) is 127 cm³/mol. The predicted octanol–water partition coefficient (Wildman–Crippen LogP) is 2.64. The first kappa shape index (κ1) is 25.2. The van der Waals surface area contributed by atoms with Crippen LogP contribution in [0.25, 0.3) is 0 Å². The summed E-state index contributed by atoms with van der Waals surface area (Å²) in [4.78, 5) is 9.03. The Morgan fingerprint density at radius 1 is 1.17 bits per heavy atom. The molecule has 0 bridgehead atoms. The molecule has 0 spiro atoms. The van der Waals surface area contributed by atoms with Crippen molar-refractivity contribution in [2.45, 2.75) is 31.7 Å². The third-order valence-corrected chi connectivity index (χ3v) is 5.58. The molecular weight excluding hydrogens is 503 g/mol. The lowest BCUT2D eigenvalue weighted by atomic mass is 10.1. The molecular formula is C20H29IN4O3S. The molecule has 0 fully saturated rings. The Hall–Kier alpha value is -1.88. The van der Waals surface area contributed by atoms with E-state index >= 15 is 0 Å². The molecule has 29 heavy (non-hydrogen) atoms. The average Bonchev–Trinajstić information content (AvgIpc) is 2.66. The van der Waals surface area contributed by atoms with Gasteiger partial charge in [-0.3, -0.25) is 9.98 Å². The first-order chi connectivity index (χ1) is 13.3. The van der Waals surface area contributed by atoms with Gasteiger partial charge in [0, 0.05) is 37.2 Å². The molecule has 0 aliphatic heterocycles. The van der Waals surface area contributed by atoms with Gasteiger partial charge in [0.05, 0.1) is 24.2 Å². The standard InChI is InChI=1S/C20H28N4O3S.HI/c1-14-12-23-18(15(2)19(14)27-4)13-24-20(21-3)22-11-10-16-6-8-17(9-7-16)28(5,25)26;/h6-9,12H,10-11,13H2,1-5H3,(H2,21,22,24);1H. The maximum Gasteiger partial charge on any atom is 0.191 e. The molecule has 0 unspecified atom stereocenters. The van der Waals surface area contributed by atoms with Gasteiger partial charge in [-0.1, -0.05) is 12.1 Å². The second-order valence-electron chi connectivity index (χ2n) is 6.56. The van der Waals surface area contributed by atoms with Crippen LogP contribution in [0, 0.1) is 13.8 Å². The summed E-state index contributed by atoms with van der Waals surface area (Å²) in [6.45, 7) is 5.16. The molecule has 0 aliphatic carbocycles. The quantitative estimate of drug-likeness (QED) is 0.324. The number of halogens is 1. The third kappa shape index (κ3) is 7.14. The van der Waals surface area contributed by atoms with Crippen molar-refractivity contribution >= 4 is 39.8 Å². The van der Waals surface area contributed by atoms with Crippen LogP contribution in [0.4, 0.5) is 0 Å². The summed E-state index contributed by atoms with van der Waals surface area (Å²) in [6.07, 6.45) is 3.76. The maximum atomic E-state index is 11.5. The van der Waals surface area contributed by atoms with Gasteiger partial charge >= 0.3 is 0 Å². The van der Waals surface area contributed by atoms with E-state index in [0.29, 0.717) is 23.9 Å². The van der Waals surface area contributed by atoms with E-state index in [1.807, 2.05) is 26.0 Å². The number of hydrogen-bond acceptors (Lipinski definition) is 5. The van der Waals surface area contributed by atoms with Gasteiger partial charge in [0.2, 0.25) is 0 Å². The van der Waals surface area contributed by atoms with Crippen LogP contribution in [0.1, 0.15) is 22.4 Å². The molecule has 7 nitrogen and oxygen atoms in total. The number of aliphatic imine (C=N–C) groups is 1. The van der Waals surface area contributed by atoms with Crippen LogP contribution in [0.3, 0.4) is 0 Å². The number of methoxy groups -OCH3 is 1. The molecule has 0 amide bonds. The number of guanidine groups is 1. The smallest absolute Gasteiger partial charge is 0.191 e. The van der Waals surface area contributed by atoms with E-state index < -0.39 is 9.84 Å². The fourth-order valence-electron chi connectivity index (χ4n) is 2.87. The minimum Gasteiger partial charge on any atom is -0.496 e. The minimum absolute atomic E-state index is 0. The van der Waals surface area contributed by atoms with Crippen molar-refractivity contribution in [2.24, 2.45) is 4.99 Å². The Balaban J connectivity index is 0.00000420. The lowest BCUT2D eigenvalue weighted by Crippen LogP contribution is -2.38. The Morgan fingerprint density at radius 2 is 1.83 bits per heavy atom. The van der Waals surface area contributed by atoms with E-state index in [2.05, 4.69) is 20.6 Å². The summed E-state index contributed by atoms with van der Waals surface area (Å²) >= 11 is 0. The van der Waals surface area contributed by atoms with Gasteiger partial charge in [0.25, 0.3) is 0 Å². The topological polar surface area (TPSA) is 92.7 Å². The highest BCUT2D eigenvalue weighted by atomic mass is 127. The van der Waals surface area contributed by atoms with Gasteiger partial charge in [0.15, 0.2) is 15.8 Å². The highest BCUT2D eigenvalue weighted by Crippen LogP contribution is 2.23. The number of nitrogens with zero attached hydrogens (tertiary/aromatic N) is 2. The Morgan fingerprint density at radius 3 is 2.38 bits per heavy atom. The fourth-order valence-corrected chi connectivity index (χ4v) is 3.50.